The quantitative estimate of drug-likeness (QED) is 0.822. The smallest absolute Gasteiger partial charge is 0.375 e. The van der Waals surface area contributed by atoms with Crippen LogP contribution in [-0.4, -0.2) is 39.6 Å². The molecule has 0 bridgehead atoms. The van der Waals surface area contributed by atoms with Crippen molar-refractivity contribution in [3.8, 4) is 0 Å². The fourth-order valence-corrected chi connectivity index (χ4v) is 4.81. The molecule has 160 valence electrons. The minimum absolute atomic E-state index is 0.0261. The molecule has 1 N–H and O–H groups in total. The lowest BCUT2D eigenvalue weighted by atomic mass is 9.83. The number of hydrogen-bond donors (Lipinski definition) is 1. The lowest BCUT2D eigenvalue weighted by Crippen LogP contribution is -2.68. The molecule has 30 heavy (non-hydrogen) atoms. The van der Waals surface area contributed by atoms with Crippen LogP contribution in [0.4, 0.5) is 13.2 Å². The van der Waals surface area contributed by atoms with Crippen LogP contribution < -0.4 is 0 Å². The van der Waals surface area contributed by atoms with Crippen molar-refractivity contribution in [1.82, 2.24) is 9.80 Å². The number of hydrogen-bond acceptors (Lipinski definition) is 3. The monoisotopic (exact) mass is 418 g/mol. The molecule has 1 amide bonds. The van der Waals surface area contributed by atoms with Crippen LogP contribution in [0.2, 0.25) is 0 Å². The molecule has 2 aliphatic rings. The summed E-state index contributed by atoms with van der Waals surface area (Å²) in [7, 11) is 0. The van der Waals surface area contributed by atoms with E-state index in [1.54, 1.807) is 9.80 Å². The molecule has 0 aromatic heterocycles. The molecule has 4 rings (SSSR count). The first-order valence-corrected chi connectivity index (χ1v) is 10.1. The van der Waals surface area contributed by atoms with E-state index in [1.165, 1.54) is 12.1 Å². The topological polar surface area (TPSA) is 43.8 Å². The highest BCUT2D eigenvalue weighted by Gasteiger charge is 2.56. The highest BCUT2D eigenvalue weighted by atomic mass is 19.4. The first-order valence-electron chi connectivity index (χ1n) is 10.1. The summed E-state index contributed by atoms with van der Waals surface area (Å²) >= 11 is 0. The van der Waals surface area contributed by atoms with Crippen LogP contribution in [0.5, 0.6) is 0 Å². The van der Waals surface area contributed by atoms with Crippen LogP contribution in [0, 0.1) is 0 Å². The molecule has 1 fully saturated rings. The summed E-state index contributed by atoms with van der Waals surface area (Å²) in [6.45, 7) is 4.10. The van der Waals surface area contributed by atoms with E-state index in [0.717, 1.165) is 29.7 Å². The van der Waals surface area contributed by atoms with Crippen LogP contribution in [0.1, 0.15) is 42.5 Å². The van der Waals surface area contributed by atoms with Gasteiger partial charge in [0.2, 0.25) is 5.91 Å². The summed E-state index contributed by atoms with van der Waals surface area (Å²) in [5.41, 5.74) is 0.975. The zero-order valence-electron chi connectivity index (χ0n) is 17.0. The van der Waals surface area contributed by atoms with Crippen molar-refractivity contribution in [3.05, 3.63) is 70.8 Å². The summed E-state index contributed by atoms with van der Waals surface area (Å²) in [6.07, 6.45) is -3.99. The van der Waals surface area contributed by atoms with Crippen molar-refractivity contribution in [3.63, 3.8) is 0 Å². The van der Waals surface area contributed by atoms with Crippen molar-refractivity contribution in [2.75, 3.05) is 6.54 Å². The molecule has 1 spiro atoms. The first-order chi connectivity index (χ1) is 14.1. The molecule has 7 heteroatoms. The molecule has 2 aromatic rings. The van der Waals surface area contributed by atoms with Gasteiger partial charge in [0.25, 0.3) is 0 Å². The van der Waals surface area contributed by atoms with Gasteiger partial charge in [0.1, 0.15) is 11.8 Å². The van der Waals surface area contributed by atoms with Gasteiger partial charge in [-0.25, -0.2) is 0 Å². The molecular formula is C23H25F3N2O2. The maximum Gasteiger partial charge on any atom is 0.416 e. The number of nitrogens with zero attached hydrogens (tertiary/aromatic N) is 2. The Morgan fingerprint density at radius 1 is 1.13 bits per heavy atom. The normalized spacial score (nSPS) is 24.7. The Hall–Kier alpha value is -2.38. The summed E-state index contributed by atoms with van der Waals surface area (Å²) in [4.78, 5) is 16.7. The zero-order chi connectivity index (χ0) is 21.7. The van der Waals surface area contributed by atoms with E-state index >= 15 is 0 Å². The van der Waals surface area contributed by atoms with E-state index in [9.17, 15) is 23.1 Å². The molecule has 1 aliphatic carbocycles. The Kier molecular flexibility index (Phi) is 5.14. The van der Waals surface area contributed by atoms with Crippen molar-refractivity contribution in [2.45, 2.75) is 57.2 Å². The Balaban J connectivity index is 1.75. The largest absolute Gasteiger partial charge is 0.416 e. The fourth-order valence-electron chi connectivity index (χ4n) is 4.81. The maximum atomic E-state index is 13.2. The van der Waals surface area contributed by atoms with Gasteiger partial charge in [-0.2, -0.15) is 13.2 Å². The van der Waals surface area contributed by atoms with Crippen LogP contribution in [0.25, 0.3) is 0 Å². The van der Waals surface area contributed by atoms with Gasteiger partial charge in [-0.15, -0.1) is 0 Å². The molecule has 0 radical (unpaired) electrons. The van der Waals surface area contributed by atoms with Gasteiger partial charge in [0.15, 0.2) is 0 Å². The number of carbonyl (C=O) groups is 1. The number of rotatable bonds is 3. The molecule has 0 saturated carbocycles. The van der Waals surface area contributed by atoms with Crippen LogP contribution >= 0.6 is 0 Å². The number of piperazine rings is 1. The van der Waals surface area contributed by atoms with Gasteiger partial charge in [-0.1, -0.05) is 36.4 Å². The molecule has 2 unspecified atom stereocenters. The van der Waals surface area contributed by atoms with Gasteiger partial charge in [-0.05, 0) is 55.5 Å². The Labute approximate surface area is 173 Å². The molecule has 2 aromatic carbocycles. The van der Waals surface area contributed by atoms with Crippen molar-refractivity contribution < 1.29 is 23.1 Å². The van der Waals surface area contributed by atoms with E-state index in [1.807, 2.05) is 38.1 Å². The van der Waals surface area contributed by atoms with Crippen molar-refractivity contribution in [1.29, 1.82) is 0 Å². The van der Waals surface area contributed by atoms with Gasteiger partial charge >= 0.3 is 6.18 Å². The van der Waals surface area contributed by atoms with Crippen molar-refractivity contribution >= 4 is 5.91 Å². The molecular weight excluding hydrogens is 393 g/mol. The second kappa shape index (κ2) is 7.39. The predicted octanol–water partition coefficient (Wildman–Crippen LogP) is 3.92. The van der Waals surface area contributed by atoms with Crippen LogP contribution in [-0.2, 0) is 29.5 Å². The Morgan fingerprint density at radius 2 is 1.80 bits per heavy atom. The van der Waals surface area contributed by atoms with Gasteiger partial charge in [0.05, 0.1) is 12.1 Å². The van der Waals surface area contributed by atoms with E-state index in [4.69, 9.17) is 0 Å². The van der Waals surface area contributed by atoms with Crippen LogP contribution in [0.15, 0.2) is 48.5 Å². The molecule has 1 aliphatic heterocycles. The minimum Gasteiger partial charge on any atom is -0.375 e. The number of carbonyl (C=O) groups excluding carboxylic acids is 1. The number of aryl methyl sites for hydroxylation is 1. The number of benzene rings is 2. The number of fused-ring (bicyclic) bond motifs is 2. The third kappa shape index (κ3) is 3.30. The Morgan fingerprint density at radius 3 is 2.43 bits per heavy atom. The molecule has 1 heterocycles. The lowest BCUT2D eigenvalue weighted by molar-refractivity contribution is -0.188. The predicted molar refractivity (Wildman–Crippen MR) is 106 cm³/mol. The summed E-state index contributed by atoms with van der Waals surface area (Å²) in [6, 6.07) is 12.7. The van der Waals surface area contributed by atoms with E-state index in [0.29, 0.717) is 12.0 Å². The summed E-state index contributed by atoms with van der Waals surface area (Å²) in [5.74, 6) is -0.134. The van der Waals surface area contributed by atoms with E-state index in [2.05, 4.69) is 0 Å². The average molecular weight is 418 g/mol. The minimum atomic E-state index is -4.40. The molecule has 4 nitrogen and oxygen atoms in total. The van der Waals surface area contributed by atoms with Crippen molar-refractivity contribution in [2.24, 2.45) is 0 Å². The lowest BCUT2D eigenvalue weighted by Gasteiger charge is -2.54. The summed E-state index contributed by atoms with van der Waals surface area (Å²) in [5, 5.41) is 11.4. The number of amides is 1. The first kappa shape index (κ1) is 20.9. The second-order valence-corrected chi connectivity index (χ2v) is 8.40. The number of aliphatic hydroxyl groups is 1. The van der Waals surface area contributed by atoms with Gasteiger partial charge in [-0.3, -0.25) is 9.69 Å². The zero-order valence-corrected chi connectivity index (χ0v) is 17.0. The average Bonchev–Trinajstić information content (AvgIpc) is 3.08. The SMILES string of the molecule is CC(C)N1CC(=O)N(Cc2ccc(C(F)(F)F)cc2)C2(CCc3ccccc32)C1O. The molecule has 1 saturated heterocycles. The van der Waals surface area contributed by atoms with E-state index < -0.39 is 23.5 Å². The van der Waals surface area contributed by atoms with Gasteiger partial charge in [0, 0.05) is 12.6 Å². The number of aliphatic hydroxyl groups excluding tert-OH is 1. The van der Waals surface area contributed by atoms with Crippen LogP contribution in [0.3, 0.4) is 0 Å². The molecule has 2 atom stereocenters. The highest BCUT2D eigenvalue weighted by molar-refractivity contribution is 5.81. The number of alkyl halides is 3. The maximum absolute atomic E-state index is 13.2. The van der Waals surface area contributed by atoms with Gasteiger partial charge < -0.3 is 10.0 Å². The van der Waals surface area contributed by atoms with E-state index in [-0.39, 0.29) is 25.0 Å². The number of halogens is 3. The second-order valence-electron chi connectivity index (χ2n) is 8.40. The fraction of sp³-hybridized carbons (Fsp3) is 0.435. The summed E-state index contributed by atoms with van der Waals surface area (Å²) < 4.78 is 38.7. The standard InChI is InChI=1S/C23H25F3N2O2/c1-15(2)27-14-20(29)28(13-16-7-9-18(10-8-16)23(24,25)26)22(21(27)30)12-11-17-5-3-4-6-19(17)22/h3-10,15,21,30H,11-14H2,1-2H3. The third-order valence-corrected chi connectivity index (χ3v) is 6.39. The highest BCUT2D eigenvalue weighted by Crippen LogP contribution is 2.48. The Bertz CT molecular complexity index is 942. The third-order valence-electron chi connectivity index (χ3n) is 6.39.